The molecule has 0 bridgehead atoms. The molecule has 16 heavy (non-hydrogen) atoms. The second-order valence-corrected chi connectivity index (χ2v) is 3.31. The van der Waals surface area contributed by atoms with Crippen LogP contribution in [0.4, 0.5) is 0 Å². The van der Waals surface area contributed by atoms with Gasteiger partial charge in [-0.1, -0.05) is 18.2 Å². The maximum Gasteiger partial charge on any atom is 0.379 e. The molecule has 1 aromatic heterocycles. The lowest BCUT2D eigenvalue weighted by Crippen LogP contribution is -2.14. The number of fused-ring (bicyclic) bond motifs is 1. The van der Waals surface area contributed by atoms with E-state index in [1.54, 1.807) is 24.3 Å². The molecule has 1 heterocycles. The van der Waals surface area contributed by atoms with E-state index in [4.69, 9.17) is 20.8 Å². The lowest BCUT2D eigenvalue weighted by Gasteiger charge is -2.01. The third-order valence-corrected chi connectivity index (χ3v) is 2.16. The van der Waals surface area contributed by atoms with Crippen molar-refractivity contribution in [3.63, 3.8) is 0 Å². The number of esters is 1. The second kappa shape index (κ2) is 4.37. The molecule has 0 fully saturated rings. The molecule has 4 nitrogen and oxygen atoms in total. The Balaban J connectivity index is 2.50. The van der Waals surface area contributed by atoms with Crippen LogP contribution in [0.5, 0.6) is 5.75 Å². The van der Waals surface area contributed by atoms with Crippen molar-refractivity contribution in [2.45, 2.75) is 0 Å². The largest absolute Gasteiger partial charge is 0.420 e. The van der Waals surface area contributed by atoms with E-state index < -0.39 is 11.6 Å². The van der Waals surface area contributed by atoms with E-state index in [1.807, 2.05) is 0 Å². The highest BCUT2D eigenvalue weighted by atomic mass is 35.5. The lowest BCUT2D eigenvalue weighted by molar-refractivity contribution is -0.131. The molecular weight excluding hydrogens is 232 g/mol. The van der Waals surface area contributed by atoms with Gasteiger partial charge >= 0.3 is 11.6 Å². The van der Waals surface area contributed by atoms with Crippen LogP contribution in [0.15, 0.2) is 39.5 Å². The van der Waals surface area contributed by atoms with Crippen LogP contribution in [0.1, 0.15) is 0 Å². The molecule has 0 saturated carbocycles. The van der Waals surface area contributed by atoms with Gasteiger partial charge < -0.3 is 9.15 Å². The Morgan fingerprint density at radius 3 is 2.88 bits per heavy atom. The van der Waals surface area contributed by atoms with Gasteiger partial charge in [0, 0.05) is 5.39 Å². The molecule has 2 aromatic rings. The molecule has 0 spiro atoms. The number of carbonyl (C=O) groups is 1. The quantitative estimate of drug-likeness (QED) is 0.456. The minimum Gasteiger partial charge on any atom is -0.420 e. The van der Waals surface area contributed by atoms with Crippen molar-refractivity contribution in [1.29, 1.82) is 0 Å². The van der Waals surface area contributed by atoms with Crippen molar-refractivity contribution in [3.8, 4) is 5.75 Å². The number of carbonyl (C=O) groups excluding carboxylic acids is 1. The van der Waals surface area contributed by atoms with Gasteiger partial charge in [0.05, 0.1) is 0 Å². The summed E-state index contributed by atoms with van der Waals surface area (Å²) in [6.07, 6.45) is 0. The zero-order chi connectivity index (χ0) is 11.5. The van der Waals surface area contributed by atoms with E-state index in [9.17, 15) is 9.59 Å². The van der Waals surface area contributed by atoms with Gasteiger partial charge in [-0.2, -0.15) is 0 Å². The molecule has 5 heteroatoms. The molecule has 0 N–H and O–H groups in total. The molecule has 0 unspecified atom stereocenters. The highest BCUT2D eigenvalue weighted by Gasteiger charge is 2.09. The average molecular weight is 239 g/mol. The SMILES string of the molecule is O=C(CCl)Oc1cc2ccccc2oc1=O. The first kappa shape index (κ1) is 10.7. The first-order chi connectivity index (χ1) is 7.70. The minimum absolute atomic E-state index is 0.149. The fourth-order valence-corrected chi connectivity index (χ4v) is 1.32. The Hall–Kier alpha value is -1.81. The van der Waals surface area contributed by atoms with Gasteiger partial charge in [0.2, 0.25) is 5.75 Å². The predicted molar refractivity (Wildman–Crippen MR) is 58.8 cm³/mol. The predicted octanol–water partition coefficient (Wildman–Crippen LogP) is 1.94. The maximum atomic E-state index is 11.4. The van der Waals surface area contributed by atoms with Crippen LogP contribution in [0.2, 0.25) is 0 Å². The molecule has 1 aromatic carbocycles. The fraction of sp³-hybridized carbons (Fsp3) is 0.0909. The molecule has 0 aliphatic heterocycles. The summed E-state index contributed by atoms with van der Waals surface area (Å²) >= 11 is 5.27. The Morgan fingerprint density at radius 1 is 1.38 bits per heavy atom. The number of halogens is 1. The molecule has 0 atom stereocenters. The summed E-state index contributed by atoms with van der Waals surface area (Å²) in [5.74, 6) is -1.15. The normalized spacial score (nSPS) is 10.3. The average Bonchev–Trinajstić information content (AvgIpc) is 2.30. The summed E-state index contributed by atoms with van der Waals surface area (Å²) < 4.78 is 9.69. The van der Waals surface area contributed by atoms with Gasteiger partial charge in [-0.15, -0.1) is 11.6 Å². The van der Waals surface area contributed by atoms with Crippen LogP contribution >= 0.6 is 11.6 Å². The van der Waals surface area contributed by atoms with Crippen LogP contribution < -0.4 is 10.4 Å². The smallest absolute Gasteiger partial charge is 0.379 e. The highest BCUT2D eigenvalue weighted by molar-refractivity contribution is 6.26. The van der Waals surface area contributed by atoms with Crippen LogP contribution in [-0.4, -0.2) is 11.8 Å². The molecule has 0 saturated heterocycles. The van der Waals surface area contributed by atoms with Crippen molar-refractivity contribution in [2.75, 3.05) is 5.88 Å². The summed E-state index contributed by atoms with van der Waals surface area (Å²) in [7, 11) is 0. The Kier molecular flexibility index (Phi) is 2.92. The standard InChI is InChI=1S/C11H7ClO4/c12-6-10(13)15-9-5-7-3-1-2-4-8(7)16-11(9)14/h1-5H,6H2. The van der Waals surface area contributed by atoms with E-state index >= 15 is 0 Å². The number of rotatable bonds is 2. The van der Waals surface area contributed by atoms with E-state index in [0.29, 0.717) is 11.0 Å². The van der Waals surface area contributed by atoms with Gasteiger partial charge in [0.25, 0.3) is 0 Å². The lowest BCUT2D eigenvalue weighted by atomic mass is 10.2. The van der Waals surface area contributed by atoms with Crippen LogP contribution in [0.3, 0.4) is 0 Å². The van der Waals surface area contributed by atoms with Crippen LogP contribution in [-0.2, 0) is 4.79 Å². The first-order valence-electron chi connectivity index (χ1n) is 4.50. The molecule has 0 aliphatic rings. The van der Waals surface area contributed by atoms with Crippen molar-refractivity contribution in [2.24, 2.45) is 0 Å². The Morgan fingerprint density at radius 2 is 2.12 bits per heavy atom. The number of benzene rings is 1. The van der Waals surface area contributed by atoms with Crippen molar-refractivity contribution in [1.82, 2.24) is 0 Å². The number of hydrogen-bond donors (Lipinski definition) is 0. The topological polar surface area (TPSA) is 56.5 Å². The monoisotopic (exact) mass is 238 g/mol. The fourth-order valence-electron chi connectivity index (χ4n) is 1.26. The van der Waals surface area contributed by atoms with E-state index in [1.165, 1.54) is 6.07 Å². The molecule has 0 radical (unpaired) electrons. The van der Waals surface area contributed by atoms with E-state index in [0.717, 1.165) is 0 Å². The number of alkyl halides is 1. The van der Waals surface area contributed by atoms with Crippen molar-refractivity contribution in [3.05, 3.63) is 40.8 Å². The molecule has 0 aliphatic carbocycles. The molecule has 82 valence electrons. The zero-order valence-corrected chi connectivity index (χ0v) is 8.86. The van der Waals surface area contributed by atoms with E-state index in [-0.39, 0.29) is 11.6 Å². The van der Waals surface area contributed by atoms with Crippen LogP contribution in [0.25, 0.3) is 11.0 Å². The highest BCUT2D eigenvalue weighted by Crippen LogP contribution is 2.16. The van der Waals surface area contributed by atoms with Crippen molar-refractivity contribution < 1.29 is 13.9 Å². The number of ether oxygens (including phenoxy) is 1. The number of hydrogen-bond acceptors (Lipinski definition) is 4. The zero-order valence-electron chi connectivity index (χ0n) is 8.10. The second-order valence-electron chi connectivity index (χ2n) is 3.04. The summed E-state index contributed by atoms with van der Waals surface area (Å²) in [4.78, 5) is 22.3. The summed E-state index contributed by atoms with van der Waals surface area (Å²) in [6.45, 7) is 0. The van der Waals surface area contributed by atoms with Gasteiger partial charge in [0.1, 0.15) is 11.5 Å². The number of para-hydroxylation sites is 1. The Bertz CT molecular complexity index is 588. The maximum absolute atomic E-state index is 11.4. The first-order valence-corrected chi connectivity index (χ1v) is 5.03. The van der Waals surface area contributed by atoms with Gasteiger partial charge in [-0.3, -0.25) is 4.79 Å². The minimum atomic E-state index is -0.697. The molecule has 2 rings (SSSR count). The molecule has 0 amide bonds. The third kappa shape index (κ3) is 2.06. The third-order valence-electron chi connectivity index (χ3n) is 1.94. The summed E-state index contributed by atoms with van der Waals surface area (Å²) in [5, 5.41) is 0.680. The Labute approximate surface area is 95.4 Å². The summed E-state index contributed by atoms with van der Waals surface area (Å²) in [5.41, 5.74) is -0.254. The van der Waals surface area contributed by atoms with Gasteiger partial charge in [-0.25, -0.2) is 4.79 Å². The van der Waals surface area contributed by atoms with Crippen LogP contribution in [0, 0.1) is 0 Å². The van der Waals surface area contributed by atoms with E-state index in [2.05, 4.69) is 0 Å². The summed E-state index contributed by atoms with van der Waals surface area (Å²) in [6, 6.07) is 8.39. The van der Waals surface area contributed by atoms with Crippen molar-refractivity contribution >= 4 is 28.5 Å². The van der Waals surface area contributed by atoms with Gasteiger partial charge in [-0.05, 0) is 12.1 Å². The molecular formula is C11H7ClO4. The van der Waals surface area contributed by atoms with Gasteiger partial charge in [0.15, 0.2) is 0 Å².